The standard InChI is InChI=1S/C32H23Cl3N6O5S2/c1-15(2)46-30(43)26-16(3)36-32-40(27(26)18-5-7-19(33)8-6-18)29(42)25(48-32)13-17-4-11-24(23(12-17)41(44)45)47-31-37-28(38-39-31)21-10-9-20(34)14-22(21)35/h4-15,27H,1-3H3,(H,37,38,39)/b25-13+/t27-/m0/s1. The summed E-state index contributed by atoms with van der Waals surface area (Å²) in [5.41, 5.74) is 1.65. The number of thiazole rings is 1. The molecule has 3 heterocycles. The summed E-state index contributed by atoms with van der Waals surface area (Å²) >= 11 is 20.5. The lowest BCUT2D eigenvalue weighted by atomic mass is 9.96. The minimum absolute atomic E-state index is 0.203. The molecule has 0 bridgehead atoms. The molecule has 0 amide bonds. The maximum atomic E-state index is 14.0. The van der Waals surface area contributed by atoms with Crippen LogP contribution in [0, 0.1) is 10.1 Å². The highest BCUT2D eigenvalue weighted by Gasteiger charge is 2.34. The van der Waals surface area contributed by atoms with Crippen LogP contribution in [0.15, 0.2) is 91.8 Å². The monoisotopic (exact) mass is 740 g/mol. The predicted octanol–water partition coefficient (Wildman–Crippen LogP) is 6.99. The van der Waals surface area contributed by atoms with E-state index in [0.717, 1.165) is 23.1 Å². The van der Waals surface area contributed by atoms with Gasteiger partial charge in [-0.05, 0) is 86.1 Å². The zero-order valence-corrected chi connectivity index (χ0v) is 29.1. The van der Waals surface area contributed by atoms with Crippen molar-refractivity contribution in [3.63, 3.8) is 0 Å². The summed E-state index contributed by atoms with van der Waals surface area (Å²) in [7, 11) is 0. The second-order valence-electron chi connectivity index (χ2n) is 10.8. The van der Waals surface area contributed by atoms with Gasteiger partial charge in [-0.1, -0.05) is 64.3 Å². The lowest BCUT2D eigenvalue weighted by Gasteiger charge is -2.25. The van der Waals surface area contributed by atoms with E-state index in [2.05, 4.69) is 20.2 Å². The lowest BCUT2D eigenvalue weighted by Crippen LogP contribution is -2.40. The topological polar surface area (TPSA) is 145 Å². The summed E-state index contributed by atoms with van der Waals surface area (Å²) in [6.07, 6.45) is 1.17. The van der Waals surface area contributed by atoms with Gasteiger partial charge in [-0.2, -0.15) is 0 Å². The summed E-state index contributed by atoms with van der Waals surface area (Å²) < 4.78 is 7.24. The second kappa shape index (κ2) is 13.7. The predicted molar refractivity (Wildman–Crippen MR) is 186 cm³/mol. The van der Waals surface area contributed by atoms with Crippen molar-refractivity contribution < 1.29 is 14.5 Å². The Morgan fingerprint density at radius 1 is 1.10 bits per heavy atom. The number of nitro groups is 1. The van der Waals surface area contributed by atoms with Crippen LogP contribution in [0.4, 0.5) is 5.69 Å². The molecule has 3 aromatic carbocycles. The van der Waals surface area contributed by atoms with E-state index in [-0.39, 0.29) is 25.8 Å². The molecule has 6 rings (SSSR count). The normalized spacial score (nSPS) is 14.6. The van der Waals surface area contributed by atoms with Crippen LogP contribution in [0.3, 0.4) is 0 Å². The minimum atomic E-state index is -0.825. The first-order valence-electron chi connectivity index (χ1n) is 14.2. The first-order valence-corrected chi connectivity index (χ1v) is 17.0. The maximum absolute atomic E-state index is 14.0. The van der Waals surface area contributed by atoms with Crippen molar-refractivity contribution in [2.75, 3.05) is 0 Å². The molecule has 16 heteroatoms. The van der Waals surface area contributed by atoms with Gasteiger partial charge in [0, 0.05) is 21.7 Å². The van der Waals surface area contributed by atoms with Crippen LogP contribution in [0.2, 0.25) is 15.1 Å². The molecule has 0 unspecified atom stereocenters. The number of ether oxygens (including phenoxy) is 1. The molecule has 0 aliphatic carbocycles. The number of benzene rings is 3. The lowest BCUT2D eigenvalue weighted by molar-refractivity contribution is -0.387. The summed E-state index contributed by atoms with van der Waals surface area (Å²) in [6.45, 7) is 5.17. The van der Waals surface area contributed by atoms with Crippen LogP contribution in [-0.4, -0.2) is 36.7 Å². The van der Waals surface area contributed by atoms with Gasteiger partial charge in [0.1, 0.15) is 0 Å². The van der Waals surface area contributed by atoms with E-state index in [1.165, 1.54) is 10.6 Å². The van der Waals surface area contributed by atoms with Gasteiger partial charge in [0.25, 0.3) is 11.2 Å². The molecule has 0 spiro atoms. The Labute approximate surface area is 295 Å². The number of allylic oxidation sites excluding steroid dienone is 1. The number of carbonyl (C=O) groups excluding carboxylic acids is 1. The number of fused-ring (bicyclic) bond motifs is 1. The third-order valence-electron chi connectivity index (χ3n) is 7.10. The van der Waals surface area contributed by atoms with Gasteiger partial charge in [-0.25, -0.2) is 14.8 Å². The molecule has 0 fully saturated rings. The first-order chi connectivity index (χ1) is 22.9. The molecule has 0 saturated carbocycles. The Morgan fingerprint density at radius 2 is 1.83 bits per heavy atom. The Balaban J connectivity index is 1.38. The molecule has 5 aromatic rings. The van der Waals surface area contributed by atoms with Crippen LogP contribution >= 0.6 is 57.9 Å². The van der Waals surface area contributed by atoms with Crippen molar-refractivity contribution in [3.05, 3.63) is 128 Å². The minimum Gasteiger partial charge on any atom is -0.459 e. The highest BCUT2D eigenvalue weighted by molar-refractivity contribution is 7.99. The number of nitrogens with one attached hydrogen (secondary N) is 1. The molecule has 244 valence electrons. The number of aromatic amines is 1. The number of esters is 1. The molecule has 1 N–H and O–H groups in total. The van der Waals surface area contributed by atoms with Crippen molar-refractivity contribution >= 4 is 75.6 Å². The fraction of sp³-hybridized carbons (Fsp3) is 0.156. The number of nitrogens with zero attached hydrogens (tertiary/aromatic N) is 5. The molecule has 0 saturated heterocycles. The number of rotatable bonds is 8. The number of aromatic nitrogens is 4. The van der Waals surface area contributed by atoms with Gasteiger partial charge in [-0.15, -0.1) is 5.10 Å². The average molecular weight is 742 g/mol. The highest BCUT2D eigenvalue weighted by Crippen LogP contribution is 2.36. The number of hydrogen-bond donors (Lipinski definition) is 1. The molecular formula is C32H23Cl3N6O5S2. The number of nitro benzene ring substituents is 1. The van der Waals surface area contributed by atoms with E-state index >= 15 is 0 Å². The van der Waals surface area contributed by atoms with Gasteiger partial charge < -0.3 is 4.74 Å². The summed E-state index contributed by atoms with van der Waals surface area (Å²) in [5, 5.41) is 20.7. The summed E-state index contributed by atoms with van der Waals surface area (Å²) in [6, 6.07) is 15.5. The average Bonchev–Trinajstić information content (AvgIpc) is 3.60. The van der Waals surface area contributed by atoms with Crippen molar-refractivity contribution in [3.8, 4) is 11.4 Å². The van der Waals surface area contributed by atoms with E-state index in [1.807, 2.05) is 0 Å². The van der Waals surface area contributed by atoms with Crippen LogP contribution in [0.1, 0.15) is 37.9 Å². The van der Waals surface area contributed by atoms with E-state index in [0.29, 0.717) is 48.1 Å². The molecular weight excluding hydrogens is 719 g/mol. The fourth-order valence-electron chi connectivity index (χ4n) is 5.02. The number of H-pyrrole nitrogens is 1. The quantitative estimate of drug-likeness (QED) is 0.102. The van der Waals surface area contributed by atoms with Crippen LogP contribution in [-0.2, 0) is 9.53 Å². The third-order valence-corrected chi connectivity index (χ3v) is 9.81. The Morgan fingerprint density at radius 3 is 2.52 bits per heavy atom. The molecule has 1 aliphatic rings. The van der Waals surface area contributed by atoms with Gasteiger partial charge in [0.2, 0.25) is 5.16 Å². The number of halogens is 3. The molecule has 1 atom stereocenters. The first kappa shape index (κ1) is 33.6. The molecule has 48 heavy (non-hydrogen) atoms. The van der Waals surface area contributed by atoms with Crippen molar-refractivity contribution in [2.45, 2.75) is 43.0 Å². The van der Waals surface area contributed by atoms with Crippen molar-refractivity contribution in [1.82, 2.24) is 19.7 Å². The van der Waals surface area contributed by atoms with E-state index in [4.69, 9.17) is 39.5 Å². The van der Waals surface area contributed by atoms with Crippen LogP contribution < -0.4 is 14.9 Å². The number of carbonyl (C=O) groups is 1. The zero-order valence-electron chi connectivity index (χ0n) is 25.2. The second-order valence-corrected chi connectivity index (χ2v) is 14.1. The van der Waals surface area contributed by atoms with Gasteiger partial charge >= 0.3 is 5.97 Å². The molecule has 1 aliphatic heterocycles. The van der Waals surface area contributed by atoms with Crippen LogP contribution in [0.5, 0.6) is 0 Å². The molecule has 0 radical (unpaired) electrons. The van der Waals surface area contributed by atoms with Gasteiger partial charge in [0.05, 0.1) is 42.8 Å². The molecule has 2 aromatic heterocycles. The zero-order chi connectivity index (χ0) is 34.3. The van der Waals surface area contributed by atoms with Gasteiger partial charge in [0.15, 0.2) is 10.6 Å². The summed E-state index contributed by atoms with van der Waals surface area (Å²) in [5.74, 6) is -0.208. The summed E-state index contributed by atoms with van der Waals surface area (Å²) in [4.78, 5) is 48.5. The third kappa shape index (κ3) is 6.82. The highest BCUT2D eigenvalue weighted by atomic mass is 35.5. The Bertz CT molecular complexity index is 2320. The van der Waals surface area contributed by atoms with Crippen molar-refractivity contribution in [2.24, 2.45) is 4.99 Å². The van der Waals surface area contributed by atoms with E-state index < -0.39 is 28.6 Å². The smallest absolute Gasteiger partial charge is 0.338 e. The maximum Gasteiger partial charge on any atom is 0.338 e. The van der Waals surface area contributed by atoms with Crippen molar-refractivity contribution in [1.29, 1.82) is 0 Å². The Kier molecular flexibility index (Phi) is 9.59. The van der Waals surface area contributed by atoms with Crippen LogP contribution in [0.25, 0.3) is 17.5 Å². The molecule has 11 nitrogen and oxygen atoms in total. The largest absolute Gasteiger partial charge is 0.459 e. The Hall–Kier alpha value is -4.27. The fourth-order valence-corrected chi connectivity index (χ4v) is 7.49. The SMILES string of the molecule is CC1=C(C(=O)OC(C)C)[C@H](c2ccc(Cl)cc2)n2c(s/c(=C/c3ccc(Sc4n[nH]c(-c5ccc(Cl)cc5Cl)n4)c([N+](=O)[O-])c3)c2=O)=N1. The van der Waals surface area contributed by atoms with Gasteiger partial charge in [-0.3, -0.25) is 24.6 Å². The van der Waals surface area contributed by atoms with E-state index in [9.17, 15) is 19.7 Å². The number of hydrogen-bond acceptors (Lipinski definition) is 10. The van der Waals surface area contributed by atoms with E-state index in [1.54, 1.807) is 81.4 Å².